The molecule has 0 spiro atoms. The van der Waals surface area contributed by atoms with Gasteiger partial charge in [0, 0.05) is 24.4 Å². The third-order valence-electron chi connectivity index (χ3n) is 4.75. The van der Waals surface area contributed by atoms with E-state index < -0.39 is 23.5 Å². The summed E-state index contributed by atoms with van der Waals surface area (Å²) in [5.74, 6) is -1.28. The molecule has 1 aromatic carbocycles. The number of nitrogens with one attached hydrogen (secondary N) is 1. The molecule has 8 heteroatoms. The molecule has 1 fully saturated rings. The van der Waals surface area contributed by atoms with Gasteiger partial charge in [-0.1, -0.05) is 11.6 Å². The van der Waals surface area contributed by atoms with Gasteiger partial charge in [-0.05, 0) is 51.3 Å². The Kier molecular flexibility index (Phi) is 5.57. The third-order valence-corrected chi connectivity index (χ3v) is 5.06. The first kappa shape index (κ1) is 20.5. The largest absolute Gasteiger partial charge is 0.464 e. The maximum Gasteiger partial charge on any atom is 0.410 e. The number of nitrogens with zero attached hydrogens (tertiary/aromatic N) is 1. The van der Waals surface area contributed by atoms with Crippen LogP contribution in [-0.2, 0) is 9.47 Å². The summed E-state index contributed by atoms with van der Waals surface area (Å²) in [7, 11) is 1.25. The Morgan fingerprint density at radius 2 is 2.04 bits per heavy atom. The Hall–Kier alpha value is -2.28. The maximum absolute atomic E-state index is 15.2. The summed E-state index contributed by atoms with van der Waals surface area (Å²) in [4.78, 5) is 28.5. The Morgan fingerprint density at radius 3 is 2.68 bits per heavy atom. The molecule has 0 bridgehead atoms. The summed E-state index contributed by atoms with van der Waals surface area (Å²) < 4.78 is 25.4. The van der Waals surface area contributed by atoms with Crippen molar-refractivity contribution in [2.45, 2.75) is 45.1 Å². The number of H-pyrrole nitrogens is 1. The lowest BCUT2D eigenvalue weighted by Crippen LogP contribution is -2.42. The molecule has 2 aromatic rings. The van der Waals surface area contributed by atoms with Crippen LogP contribution in [0.4, 0.5) is 9.18 Å². The van der Waals surface area contributed by atoms with Gasteiger partial charge in [0.2, 0.25) is 0 Å². The van der Waals surface area contributed by atoms with Crippen molar-refractivity contribution < 1.29 is 23.5 Å². The molecular weight excluding hydrogens is 387 g/mol. The lowest BCUT2D eigenvalue weighted by Gasteiger charge is -2.34. The number of carbonyl (C=O) groups excluding carboxylic acids is 2. The van der Waals surface area contributed by atoms with E-state index in [1.54, 1.807) is 11.0 Å². The highest BCUT2D eigenvalue weighted by Gasteiger charge is 2.31. The molecule has 2 heterocycles. The van der Waals surface area contributed by atoms with Crippen LogP contribution in [0.25, 0.3) is 10.9 Å². The number of ether oxygens (including phenoxy) is 2. The molecule has 1 atom stereocenters. The van der Waals surface area contributed by atoms with E-state index in [9.17, 15) is 9.59 Å². The van der Waals surface area contributed by atoms with E-state index in [-0.39, 0.29) is 17.1 Å². The van der Waals surface area contributed by atoms with Gasteiger partial charge >= 0.3 is 12.1 Å². The SMILES string of the molecule is COC(=O)c1cc2c(Cl)cc(C3CCCN(C(=O)OC(C)(C)C)C3)c(F)c2[nH]1. The highest BCUT2D eigenvalue weighted by molar-refractivity contribution is 6.35. The second-order valence-electron chi connectivity index (χ2n) is 7.99. The van der Waals surface area contributed by atoms with Crippen LogP contribution in [-0.4, -0.2) is 47.7 Å². The van der Waals surface area contributed by atoms with E-state index in [0.29, 0.717) is 29.1 Å². The Bertz CT molecular complexity index is 919. The molecular formula is C20H24ClFN2O4. The number of aromatic amines is 1. The van der Waals surface area contributed by atoms with Crippen molar-refractivity contribution in [3.05, 3.63) is 34.2 Å². The fourth-order valence-corrected chi connectivity index (χ4v) is 3.74. The zero-order valence-electron chi connectivity index (χ0n) is 16.4. The average Bonchev–Trinajstić information content (AvgIpc) is 3.09. The van der Waals surface area contributed by atoms with Gasteiger partial charge in [0.1, 0.15) is 11.3 Å². The van der Waals surface area contributed by atoms with Crippen molar-refractivity contribution in [3.8, 4) is 0 Å². The first-order chi connectivity index (χ1) is 13.1. The number of benzene rings is 1. The van der Waals surface area contributed by atoms with Crippen LogP contribution in [0, 0.1) is 5.82 Å². The van der Waals surface area contributed by atoms with Crippen LogP contribution in [0.2, 0.25) is 5.02 Å². The maximum atomic E-state index is 15.2. The minimum absolute atomic E-state index is 0.134. The standard InChI is InChI=1S/C20H24ClFN2O4/c1-20(2,3)28-19(26)24-7-5-6-11(10-24)12-8-14(21)13-9-15(18(25)27-4)23-17(13)16(12)22/h8-9,11,23H,5-7,10H2,1-4H3. The number of fused-ring (bicyclic) bond motifs is 1. The second kappa shape index (κ2) is 7.62. The number of likely N-dealkylation sites (tertiary alicyclic amines) is 1. The van der Waals surface area contributed by atoms with E-state index in [2.05, 4.69) is 9.72 Å². The van der Waals surface area contributed by atoms with Crippen LogP contribution in [0.1, 0.15) is 55.6 Å². The average molecular weight is 411 g/mol. The summed E-state index contributed by atoms with van der Waals surface area (Å²) in [6.07, 6.45) is 1.05. The Balaban J connectivity index is 1.91. The smallest absolute Gasteiger partial charge is 0.410 e. The number of hydrogen-bond acceptors (Lipinski definition) is 4. The molecule has 3 rings (SSSR count). The first-order valence-corrected chi connectivity index (χ1v) is 9.55. The van der Waals surface area contributed by atoms with Crippen LogP contribution >= 0.6 is 11.6 Å². The normalized spacial score (nSPS) is 17.6. The number of piperidine rings is 1. The summed E-state index contributed by atoms with van der Waals surface area (Å²) in [5, 5.41) is 0.760. The number of methoxy groups -OCH3 is 1. The Morgan fingerprint density at radius 1 is 1.32 bits per heavy atom. The molecule has 0 radical (unpaired) electrons. The lowest BCUT2D eigenvalue weighted by molar-refractivity contribution is 0.0197. The predicted octanol–water partition coefficient (Wildman–Crippen LogP) is 4.86. The van der Waals surface area contributed by atoms with E-state index in [4.69, 9.17) is 16.3 Å². The number of rotatable bonds is 2. The molecule has 0 aliphatic carbocycles. The van der Waals surface area contributed by atoms with E-state index >= 15 is 4.39 Å². The molecule has 1 saturated heterocycles. The van der Waals surface area contributed by atoms with E-state index in [1.807, 2.05) is 20.8 Å². The van der Waals surface area contributed by atoms with E-state index in [0.717, 1.165) is 12.8 Å². The number of hydrogen-bond donors (Lipinski definition) is 1. The minimum atomic E-state index is -0.595. The van der Waals surface area contributed by atoms with Crippen LogP contribution in [0.5, 0.6) is 0 Å². The van der Waals surface area contributed by atoms with Crippen LogP contribution < -0.4 is 0 Å². The number of esters is 1. The van der Waals surface area contributed by atoms with Gasteiger partial charge in [0.05, 0.1) is 17.6 Å². The molecule has 0 saturated carbocycles. The summed E-state index contributed by atoms with van der Waals surface area (Å²) >= 11 is 6.36. The summed E-state index contributed by atoms with van der Waals surface area (Å²) in [6.45, 7) is 6.34. The quantitative estimate of drug-likeness (QED) is 0.717. The number of aromatic nitrogens is 1. The second-order valence-corrected chi connectivity index (χ2v) is 8.40. The van der Waals surface area contributed by atoms with Gasteiger partial charge in [-0.2, -0.15) is 0 Å². The van der Waals surface area contributed by atoms with Crippen molar-refractivity contribution in [2.75, 3.05) is 20.2 Å². The van der Waals surface area contributed by atoms with Crippen molar-refractivity contribution in [2.24, 2.45) is 0 Å². The summed E-state index contributed by atoms with van der Waals surface area (Å²) in [6, 6.07) is 3.06. The number of carbonyl (C=O) groups is 2. The third kappa shape index (κ3) is 4.09. The van der Waals surface area contributed by atoms with Crippen molar-refractivity contribution in [3.63, 3.8) is 0 Å². The van der Waals surface area contributed by atoms with Crippen molar-refractivity contribution >= 4 is 34.6 Å². The molecule has 1 unspecified atom stereocenters. The molecule has 1 amide bonds. The van der Waals surface area contributed by atoms with Gasteiger partial charge in [0.15, 0.2) is 5.82 Å². The molecule has 1 aliphatic heterocycles. The topological polar surface area (TPSA) is 71.6 Å². The fourth-order valence-electron chi connectivity index (χ4n) is 3.48. The van der Waals surface area contributed by atoms with Crippen molar-refractivity contribution in [1.82, 2.24) is 9.88 Å². The zero-order valence-corrected chi connectivity index (χ0v) is 17.2. The minimum Gasteiger partial charge on any atom is -0.464 e. The summed E-state index contributed by atoms with van der Waals surface area (Å²) in [5.41, 5.74) is 0.127. The first-order valence-electron chi connectivity index (χ1n) is 9.17. The molecule has 152 valence electrons. The van der Waals surface area contributed by atoms with Gasteiger partial charge < -0.3 is 19.4 Å². The molecule has 1 aromatic heterocycles. The van der Waals surface area contributed by atoms with Gasteiger partial charge in [-0.15, -0.1) is 0 Å². The Labute approximate surface area is 167 Å². The van der Waals surface area contributed by atoms with Gasteiger partial charge in [0.25, 0.3) is 0 Å². The molecule has 1 N–H and O–H groups in total. The monoisotopic (exact) mass is 410 g/mol. The van der Waals surface area contributed by atoms with Crippen LogP contribution in [0.15, 0.2) is 12.1 Å². The van der Waals surface area contributed by atoms with Crippen LogP contribution in [0.3, 0.4) is 0 Å². The molecule has 1 aliphatic rings. The van der Waals surface area contributed by atoms with Gasteiger partial charge in [-0.25, -0.2) is 14.0 Å². The molecule has 28 heavy (non-hydrogen) atoms. The highest BCUT2D eigenvalue weighted by atomic mass is 35.5. The number of amides is 1. The van der Waals surface area contributed by atoms with E-state index in [1.165, 1.54) is 13.2 Å². The zero-order chi connectivity index (χ0) is 20.6. The highest BCUT2D eigenvalue weighted by Crippen LogP contribution is 2.36. The van der Waals surface area contributed by atoms with Crippen molar-refractivity contribution in [1.29, 1.82) is 0 Å². The van der Waals surface area contributed by atoms with Gasteiger partial charge in [-0.3, -0.25) is 0 Å². The lowest BCUT2D eigenvalue weighted by atomic mass is 9.90. The fraction of sp³-hybridized carbons (Fsp3) is 0.500. The number of halogens is 2. The predicted molar refractivity (Wildman–Crippen MR) is 104 cm³/mol. The molecule has 6 nitrogen and oxygen atoms in total.